The van der Waals surface area contributed by atoms with E-state index in [0.717, 1.165) is 0 Å². The van der Waals surface area contributed by atoms with Crippen LogP contribution in [0.5, 0.6) is 0 Å². The summed E-state index contributed by atoms with van der Waals surface area (Å²) in [7, 11) is 0. The van der Waals surface area contributed by atoms with E-state index in [1.165, 1.54) is 0 Å². The minimum atomic E-state index is -1.02. The molecule has 0 atom stereocenters. The summed E-state index contributed by atoms with van der Waals surface area (Å²) in [5.74, 6) is -3.10. The standard InChI is InChI=1S/C17H26O10/c1-4-17(9-23-12-18,10-26-15(21)7-13(19)24-5-2)11-27-16(22)8-14(20)25-6-3/h12H,4-11H2,1-3H3. The molecule has 0 aliphatic heterocycles. The van der Waals surface area contributed by atoms with Gasteiger partial charge in [0.05, 0.1) is 18.6 Å². The van der Waals surface area contributed by atoms with Crippen molar-refractivity contribution in [3.05, 3.63) is 0 Å². The molecule has 10 nitrogen and oxygen atoms in total. The Morgan fingerprint density at radius 1 is 0.704 bits per heavy atom. The van der Waals surface area contributed by atoms with Gasteiger partial charge in [-0.2, -0.15) is 0 Å². The Hall–Kier alpha value is -2.65. The molecule has 0 aromatic carbocycles. The SMILES string of the molecule is CCOC(=O)CC(=O)OCC(CC)(COC=O)COC(=O)CC(=O)OCC. The third-order valence-electron chi connectivity index (χ3n) is 3.47. The van der Waals surface area contributed by atoms with Gasteiger partial charge in [0.2, 0.25) is 0 Å². The highest BCUT2D eigenvalue weighted by atomic mass is 16.6. The van der Waals surface area contributed by atoms with Crippen molar-refractivity contribution < 1.29 is 47.7 Å². The Bertz CT molecular complexity index is 478. The zero-order valence-corrected chi connectivity index (χ0v) is 15.8. The lowest BCUT2D eigenvalue weighted by atomic mass is 9.88. The van der Waals surface area contributed by atoms with E-state index in [4.69, 9.17) is 14.2 Å². The Kier molecular flexibility index (Phi) is 12.2. The van der Waals surface area contributed by atoms with E-state index in [1.807, 2.05) is 0 Å². The van der Waals surface area contributed by atoms with Gasteiger partial charge in [-0.3, -0.25) is 24.0 Å². The van der Waals surface area contributed by atoms with Crippen LogP contribution in [0.4, 0.5) is 0 Å². The summed E-state index contributed by atoms with van der Waals surface area (Å²) in [6, 6.07) is 0. The molecule has 0 aliphatic carbocycles. The van der Waals surface area contributed by atoms with E-state index < -0.39 is 42.1 Å². The molecule has 0 saturated carbocycles. The van der Waals surface area contributed by atoms with Gasteiger partial charge in [-0.1, -0.05) is 6.92 Å². The number of carbonyl (C=O) groups excluding carboxylic acids is 5. The topological polar surface area (TPSA) is 132 Å². The molecule has 0 heterocycles. The van der Waals surface area contributed by atoms with Crippen molar-refractivity contribution >= 4 is 30.3 Å². The number of hydrogen-bond donors (Lipinski definition) is 0. The van der Waals surface area contributed by atoms with Crippen molar-refractivity contribution in [3.63, 3.8) is 0 Å². The lowest BCUT2D eigenvalue weighted by Crippen LogP contribution is -2.38. The predicted octanol–water partition coefficient (Wildman–Crippen LogP) is 0.549. The van der Waals surface area contributed by atoms with Crippen LogP contribution in [0.3, 0.4) is 0 Å². The predicted molar refractivity (Wildman–Crippen MR) is 89.2 cm³/mol. The van der Waals surface area contributed by atoms with Crippen LogP contribution in [-0.4, -0.2) is 63.4 Å². The van der Waals surface area contributed by atoms with Crippen LogP contribution in [0.1, 0.15) is 40.0 Å². The molecule has 27 heavy (non-hydrogen) atoms. The molecule has 0 radical (unpaired) electrons. The first-order valence-electron chi connectivity index (χ1n) is 8.50. The molecule has 0 aromatic rings. The van der Waals surface area contributed by atoms with Gasteiger partial charge in [0.25, 0.3) is 6.47 Å². The molecule has 0 bridgehead atoms. The Morgan fingerprint density at radius 3 is 1.44 bits per heavy atom. The molecule has 10 heteroatoms. The molecule has 0 N–H and O–H groups in total. The Morgan fingerprint density at radius 2 is 1.11 bits per heavy atom. The highest BCUT2D eigenvalue weighted by Gasteiger charge is 2.34. The molecular weight excluding hydrogens is 364 g/mol. The van der Waals surface area contributed by atoms with Crippen LogP contribution in [0.15, 0.2) is 0 Å². The van der Waals surface area contributed by atoms with Crippen molar-refractivity contribution in [2.24, 2.45) is 5.41 Å². The van der Waals surface area contributed by atoms with Crippen LogP contribution >= 0.6 is 0 Å². The van der Waals surface area contributed by atoms with E-state index >= 15 is 0 Å². The minimum Gasteiger partial charge on any atom is -0.467 e. The van der Waals surface area contributed by atoms with Crippen molar-refractivity contribution in [3.8, 4) is 0 Å². The number of rotatable bonds is 14. The average Bonchev–Trinajstić information content (AvgIpc) is 2.62. The molecule has 0 rings (SSSR count). The summed E-state index contributed by atoms with van der Waals surface area (Å²) in [4.78, 5) is 56.5. The van der Waals surface area contributed by atoms with E-state index in [-0.39, 0.29) is 39.5 Å². The highest BCUT2D eigenvalue weighted by Crippen LogP contribution is 2.24. The quantitative estimate of drug-likeness (QED) is 0.179. The molecule has 0 aromatic heterocycles. The second kappa shape index (κ2) is 13.5. The van der Waals surface area contributed by atoms with E-state index in [1.54, 1.807) is 20.8 Å². The molecule has 0 spiro atoms. The van der Waals surface area contributed by atoms with Gasteiger partial charge >= 0.3 is 23.9 Å². The zero-order valence-electron chi connectivity index (χ0n) is 15.8. The molecule has 0 amide bonds. The van der Waals surface area contributed by atoms with Gasteiger partial charge in [-0.05, 0) is 20.3 Å². The highest BCUT2D eigenvalue weighted by molar-refractivity contribution is 5.91. The van der Waals surface area contributed by atoms with Crippen molar-refractivity contribution in [1.29, 1.82) is 0 Å². The first kappa shape index (κ1) is 24.4. The summed E-state index contributed by atoms with van der Waals surface area (Å²) in [5.41, 5.74) is -1.02. The van der Waals surface area contributed by atoms with E-state index in [2.05, 4.69) is 9.47 Å². The lowest BCUT2D eigenvalue weighted by Gasteiger charge is -2.30. The first-order chi connectivity index (χ1) is 12.8. The van der Waals surface area contributed by atoms with E-state index in [9.17, 15) is 24.0 Å². The molecule has 0 saturated heterocycles. The number of ether oxygens (including phenoxy) is 5. The fourth-order valence-corrected chi connectivity index (χ4v) is 1.87. The maximum absolute atomic E-state index is 11.7. The second-order valence-electron chi connectivity index (χ2n) is 5.55. The van der Waals surface area contributed by atoms with Gasteiger partial charge in [0.15, 0.2) is 0 Å². The number of carbonyl (C=O) groups is 5. The summed E-state index contributed by atoms with van der Waals surface area (Å²) in [6.07, 6.45) is -0.810. The normalized spacial score (nSPS) is 10.5. The van der Waals surface area contributed by atoms with E-state index in [0.29, 0.717) is 6.42 Å². The largest absolute Gasteiger partial charge is 0.467 e. The molecule has 0 aliphatic rings. The maximum Gasteiger partial charge on any atom is 0.317 e. The Balaban J connectivity index is 4.76. The molecule has 154 valence electrons. The van der Waals surface area contributed by atoms with Crippen LogP contribution in [0, 0.1) is 5.41 Å². The number of esters is 4. The first-order valence-corrected chi connectivity index (χ1v) is 8.50. The van der Waals surface area contributed by atoms with Crippen molar-refractivity contribution in [2.45, 2.75) is 40.0 Å². The zero-order chi connectivity index (χ0) is 20.7. The average molecular weight is 390 g/mol. The summed E-state index contributed by atoms with van der Waals surface area (Å²) >= 11 is 0. The van der Waals surface area contributed by atoms with Crippen LogP contribution < -0.4 is 0 Å². The second-order valence-corrected chi connectivity index (χ2v) is 5.55. The smallest absolute Gasteiger partial charge is 0.317 e. The van der Waals surface area contributed by atoms with Crippen molar-refractivity contribution in [1.82, 2.24) is 0 Å². The molecular formula is C17H26O10. The third kappa shape index (κ3) is 10.8. The van der Waals surface area contributed by atoms with Crippen LogP contribution in [-0.2, 0) is 47.7 Å². The van der Waals surface area contributed by atoms with Crippen molar-refractivity contribution in [2.75, 3.05) is 33.0 Å². The summed E-state index contributed by atoms with van der Waals surface area (Å²) < 4.78 is 24.1. The maximum atomic E-state index is 11.7. The fourth-order valence-electron chi connectivity index (χ4n) is 1.87. The van der Waals surface area contributed by atoms with Gasteiger partial charge in [0.1, 0.15) is 32.7 Å². The van der Waals surface area contributed by atoms with Gasteiger partial charge in [0, 0.05) is 0 Å². The molecule has 0 fully saturated rings. The summed E-state index contributed by atoms with van der Waals surface area (Å²) in [5, 5.41) is 0. The van der Waals surface area contributed by atoms with Crippen LogP contribution in [0.2, 0.25) is 0 Å². The van der Waals surface area contributed by atoms with Gasteiger partial charge in [-0.15, -0.1) is 0 Å². The van der Waals surface area contributed by atoms with Gasteiger partial charge < -0.3 is 23.7 Å². The minimum absolute atomic E-state index is 0.134. The summed E-state index contributed by atoms with van der Waals surface area (Å²) in [6.45, 7) is 4.69. The lowest BCUT2D eigenvalue weighted by molar-refractivity contribution is -0.162. The third-order valence-corrected chi connectivity index (χ3v) is 3.47. The molecule has 0 unspecified atom stereocenters. The number of hydrogen-bond acceptors (Lipinski definition) is 10. The Labute approximate surface area is 157 Å². The van der Waals surface area contributed by atoms with Crippen LogP contribution in [0.25, 0.3) is 0 Å². The monoisotopic (exact) mass is 390 g/mol. The fraction of sp³-hybridized carbons (Fsp3) is 0.706. The van der Waals surface area contributed by atoms with Gasteiger partial charge in [-0.25, -0.2) is 0 Å².